The zero-order valence-electron chi connectivity index (χ0n) is 14.2. The van der Waals surface area contributed by atoms with Crippen molar-refractivity contribution in [1.29, 1.82) is 0 Å². The van der Waals surface area contributed by atoms with Crippen molar-refractivity contribution in [3.05, 3.63) is 54.4 Å². The Morgan fingerprint density at radius 2 is 1.77 bits per heavy atom. The Kier molecular flexibility index (Phi) is 6.67. The van der Waals surface area contributed by atoms with Gasteiger partial charge in [-0.25, -0.2) is 8.42 Å². The second-order valence-electron chi connectivity index (χ2n) is 5.57. The fraction of sp³-hybridized carbons (Fsp3) is 0.235. The van der Waals surface area contributed by atoms with Gasteiger partial charge in [0.15, 0.2) is 0 Å². The van der Waals surface area contributed by atoms with Gasteiger partial charge in [-0.05, 0) is 35.9 Å². The molecule has 2 rings (SSSR count). The largest absolute Gasteiger partial charge is 0.352 e. The molecule has 2 amide bonds. The average Bonchev–Trinajstić information content (AvgIpc) is 2.58. The van der Waals surface area contributed by atoms with Crippen LogP contribution in [-0.4, -0.2) is 31.0 Å². The van der Waals surface area contributed by atoms with Crippen molar-refractivity contribution in [2.75, 3.05) is 15.8 Å². The zero-order chi connectivity index (χ0) is 19.0. The molecule has 2 aromatic rings. The van der Waals surface area contributed by atoms with Crippen LogP contribution in [0.3, 0.4) is 0 Å². The molecule has 0 aliphatic carbocycles. The quantitative estimate of drug-likeness (QED) is 0.645. The monoisotopic (exact) mass is 376 g/mol. The molecule has 1 heterocycles. The molecule has 26 heavy (non-hydrogen) atoms. The van der Waals surface area contributed by atoms with E-state index < -0.39 is 10.0 Å². The standard InChI is InChI=1S/C17H20N4O4S/c1-13(22)20-15-3-2-4-16(11-15)21-26(24,25)10-7-17(23)19-12-14-5-8-18-9-6-14/h2-6,8-9,11,21H,7,10,12H2,1H3,(H,19,23)(H,20,22). The number of carbonyl (C=O) groups is 2. The number of rotatable bonds is 8. The van der Waals surface area contributed by atoms with Crippen LogP contribution in [0.4, 0.5) is 11.4 Å². The van der Waals surface area contributed by atoms with Crippen LogP contribution in [0.25, 0.3) is 0 Å². The summed E-state index contributed by atoms with van der Waals surface area (Å²) >= 11 is 0. The van der Waals surface area contributed by atoms with Gasteiger partial charge in [0, 0.05) is 38.0 Å². The maximum atomic E-state index is 12.1. The minimum atomic E-state index is -3.69. The first kappa shape index (κ1) is 19.4. The first-order valence-electron chi connectivity index (χ1n) is 7.88. The number of hydrogen-bond acceptors (Lipinski definition) is 5. The van der Waals surface area contributed by atoms with Crippen LogP contribution in [0, 0.1) is 0 Å². The van der Waals surface area contributed by atoms with E-state index in [1.54, 1.807) is 42.7 Å². The summed E-state index contributed by atoms with van der Waals surface area (Å²) in [6.45, 7) is 1.68. The molecule has 3 N–H and O–H groups in total. The molecule has 0 atom stereocenters. The number of aromatic nitrogens is 1. The normalized spacial score (nSPS) is 10.8. The number of pyridine rings is 1. The van der Waals surface area contributed by atoms with Crippen molar-refractivity contribution in [1.82, 2.24) is 10.3 Å². The molecular weight excluding hydrogens is 356 g/mol. The molecule has 0 saturated heterocycles. The van der Waals surface area contributed by atoms with E-state index in [2.05, 4.69) is 20.3 Å². The minimum absolute atomic E-state index is 0.161. The van der Waals surface area contributed by atoms with Crippen LogP contribution in [0.1, 0.15) is 18.9 Å². The Morgan fingerprint density at radius 1 is 1.08 bits per heavy atom. The molecule has 0 unspecified atom stereocenters. The molecule has 8 nitrogen and oxygen atoms in total. The van der Waals surface area contributed by atoms with Gasteiger partial charge in [-0.3, -0.25) is 19.3 Å². The summed E-state index contributed by atoms with van der Waals surface area (Å²) in [4.78, 5) is 26.8. The summed E-state index contributed by atoms with van der Waals surface area (Å²) in [5, 5.41) is 5.23. The molecule has 0 spiro atoms. The predicted molar refractivity (Wildman–Crippen MR) is 98.9 cm³/mol. The number of anilines is 2. The maximum Gasteiger partial charge on any atom is 0.233 e. The topological polar surface area (TPSA) is 117 Å². The highest BCUT2D eigenvalue weighted by Crippen LogP contribution is 2.16. The molecule has 0 aliphatic heterocycles. The van der Waals surface area contributed by atoms with Gasteiger partial charge < -0.3 is 10.6 Å². The van der Waals surface area contributed by atoms with Crippen molar-refractivity contribution in [3.8, 4) is 0 Å². The maximum absolute atomic E-state index is 12.1. The summed E-state index contributed by atoms with van der Waals surface area (Å²) in [7, 11) is -3.69. The molecule has 1 aromatic carbocycles. The first-order valence-corrected chi connectivity index (χ1v) is 9.53. The number of carbonyl (C=O) groups excluding carboxylic acids is 2. The van der Waals surface area contributed by atoms with Crippen molar-refractivity contribution < 1.29 is 18.0 Å². The number of hydrogen-bond donors (Lipinski definition) is 3. The lowest BCUT2D eigenvalue weighted by atomic mass is 10.2. The van der Waals surface area contributed by atoms with E-state index in [4.69, 9.17) is 0 Å². The van der Waals surface area contributed by atoms with Gasteiger partial charge in [0.1, 0.15) is 0 Å². The molecule has 9 heteroatoms. The van der Waals surface area contributed by atoms with E-state index in [1.165, 1.54) is 13.0 Å². The van der Waals surface area contributed by atoms with E-state index in [1.807, 2.05) is 0 Å². The summed E-state index contributed by atoms with van der Waals surface area (Å²) in [6, 6.07) is 9.85. The van der Waals surface area contributed by atoms with Crippen molar-refractivity contribution in [2.45, 2.75) is 19.9 Å². The van der Waals surface area contributed by atoms with Crippen LogP contribution in [0.15, 0.2) is 48.8 Å². The molecule has 0 bridgehead atoms. The second-order valence-corrected chi connectivity index (χ2v) is 7.41. The van der Waals surface area contributed by atoms with Crippen LogP contribution in [-0.2, 0) is 26.2 Å². The Morgan fingerprint density at radius 3 is 2.46 bits per heavy atom. The Balaban J connectivity index is 1.84. The second kappa shape index (κ2) is 8.95. The van der Waals surface area contributed by atoms with E-state index in [-0.39, 0.29) is 24.0 Å². The summed E-state index contributed by atoms with van der Waals surface area (Å²) in [6.07, 6.45) is 3.07. The molecule has 0 saturated carbocycles. The van der Waals surface area contributed by atoms with E-state index in [0.717, 1.165) is 5.56 Å². The van der Waals surface area contributed by atoms with Gasteiger partial charge in [0.05, 0.1) is 11.4 Å². The van der Waals surface area contributed by atoms with E-state index in [0.29, 0.717) is 17.9 Å². The first-order chi connectivity index (χ1) is 12.3. The summed E-state index contributed by atoms with van der Waals surface area (Å²) in [5.74, 6) is -0.963. The Labute approximate surface area is 152 Å². The summed E-state index contributed by atoms with van der Waals surface area (Å²) in [5.41, 5.74) is 1.67. The average molecular weight is 376 g/mol. The van der Waals surface area contributed by atoms with Crippen LogP contribution in [0.5, 0.6) is 0 Å². The smallest absolute Gasteiger partial charge is 0.233 e. The number of nitrogens with one attached hydrogen (secondary N) is 3. The molecule has 0 fully saturated rings. The predicted octanol–water partition coefficient (Wildman–Crippen LogP) is 1.49. The lowest BCUT2D eigenvalue weighted by molar-refractivity contribution is -0.120. The number of nitrogens with zero attached hydrogens (tertiary/aromatic N) is 1. The van der Waals surface area contributed by atoms with Crippen molar-refractivity contribution >= 4 is 33.2 Å². The molecule has 1 aromatic heterocycles. The lowest BCUT2D eigenvalue weighted by Crippen LogP contribution is -2.27. The van der Waals surface area contributed by atoms with Gasteiger partial charge >= 0.3 is 0 Å². The Bertz CT molecular complexity index is 869. The van der Waals surface area contributed by atoms with Crippen molar-refractivity contribution in [3.63, 3.8) is 0 Å². The summed E-state index contributed by atoms with van der Waals surface area (Å²) < 4.78 is 26.6. The van der Waals surface area contributed by atoms with Gasteiger partial charge in [0.25, 0.3) is 0 Å². The Hall–Kier alpha value is -2.94. The fourth-order valence-corrected chi connectivity index (χ4v) is 3.15. The van der Waals surface area contributed by atoms with Gasteiger partial charge in [0.2, 0.25) is 21.8 Å². The number of sulfonamides is 1. The molecule has 138 valence electrons. The minimum Gasteiger partial charge on any atom is -0.352 e. The molecule has 0 radical (unpaired) electrons. The number of amides is 2. The van der Waals surface area contributed by atoms with E-state index in [9.17, 15) is 18.0 Å². The highest BCUT2D eigenvalue weighted by molar-refractivity contribution is 7.92. The van der Waals surface area contributed by atoms with Gasteiger partial charge in [-0.1, -0.05) is 6.07 Å². The van der Waals surface area contributed by atoms with E-state index >= 15 is 0 Å². The van der Waals surface area contributed by atoms with Crippen LogP contribution in [0.2, 0.25) is 0 Å². The zero-order valence-corrected chi connectivity index (χ0v) is 15.0. The van der Waals surface area contributed by atoms with Crippen LogP contribution < -0.4 is 15.4 Å². The molecular formula is C17H20N4O4S. The van der Waals surface area contributed by atoms with Gasteiger partial charge in [-0.2, -0.15) is 0 Å². The number of benzene rings is 1. The third kappa shape index (κ3) is 6.89. The highest BCUT2D eigenvalue weighted by Gasteiger charge is 2.14. The van der Waals surface area contributed by atoms with Crippen LogP contribution >= 0.6 is 0 Å². The van der Waals surface area contributed by atoms with Gasteiger partial charge in [-0.15, -0.1) is 0 Å². The third-order valence-corrected chi connectivity index (χ3v) is 4.58. The lowest BCUT2D eigenvalue weighted by Gasteiger charge is -2.10. The highest BCUT2D eigenvalue weighted by atomic mass is 32.2. The SMILES string of the molecule is CC(=O)Nc1cccc(NS(=O)(=O)CCC(=O)NCc2ccncc2)c1. The van der Waals surface area contributed by atoms with Crippen molar-refractivity contribution in [2.24, 2.45) is 0 Å². The molecule has 0 aliphatic rings. The fourth-order valence-electron chi connectivity index (χ4n) is 2.11. The third-order valence-electron chi connectivity index (χ3n) is 3.29.